The number of carbonyl (C=O) groups is 1. The van der Waals surface area contributed by atoms with Gasteiger partial charge in [0.05, 0.1) is 18.0 Å². The number of benzene rings is 1. The number of rotatable bonds is 4. The van der Waals surface area contributed by atoms with Crippen LogP contribution in [0.3, 0.4) is 0 Å². The van der Waals surface area contributed by atoms with Gasteiger partial charge in [-0.1, -0.05) is 17.4 Å². The Hall–Kier alpha value is -2.74. The minimum atomic E-state index is -0.184. The van der Waals surface area contributed by atoms with Crippen LogP contribution in [0.5, 0.6) is 5.75 Å². The van der Waals surface area contributed by atoms with E-state index in [0.29, 0.717) is 5.69 Å². The Balaban J connectivity index is 1.52. The maximum atomic E-state index is 12.4. The van der Waals surface area contributed by atoms with E-state index < -0.39 is 0 Å². The number of aromatic nitrogens is 3. The lowest BCUT2D eigenvalue weighted by Crippen LogP contribution is -2.48. The summed E-state index contributed by atoms with van der Waals surface area (Å²) in [5.41, 5.74) is 2.44. The molecule has 1 atom stereocenters. The van der Waals surface area contributed by atoms with E-state index in [1.54, 1.807) is 24.6 Å². The Morgan fingerprint density at radius 1 is 1.37 bits per heavy atom. The first-order valence-corrected chi connectivity index (χ1v) is 9.73. The number of nitrogens with one attached hydrogen (secondary N) is 1. The third-order valence-electron chi connectivity index (χ3n) is 4.73. The van der Waals surface area contributed by atoms with E-state index in [-0.39, 0.29) is 11.9 Å². The van der Waals surface area contributed by atoms with Gasteiger partial charge < -0.3 is 15.0 Å². The summed E-state index contributed by atoms with van der Waals surface area (Å²) in [4.78, 5) is 27.5. The molecule has 0 saturated carbocycles. The molecule has 0 radical (unpaired) electrons. The number of fused-ring (bicyclic) bond motifs is 1. The highest BCUT2D eigenvalue weighted by molar-refractivity contribution is 7.22. The number of thiazole rings is 1. The first-order chi connectivity index (χ1) is 13.2. The van der Waals surface area contributed by atoms with E-state index >= 15 is 0 Å². The molecule has 1 aliphatic rings. The molecule has 1 aliphatic heterocycles. The van der Waals surface area contributed by atoms with E-state index in [2.05, 4.69) is 33.2 Å². The molecule has 27 heavy (non-hydrogen) atoms. The van der Waals surface area contributed by atoms with E-state index in [1.165, 1.54) is 18.0 Å². The molecule has 1 fully saturated rings. The van der Waals surface area contributed by atoms with Gasteiger partial charge in [0.1, 0.15) is 17.0 Å². The molecule has 1 N–H and O–H groups in total. The highest BCUT2D eigenvalue weighted by Gasteiger charge is 2.25. The number of nitrogens with zero attached hydrogens (tertiary/aromatic N) is 4. The standard InChI is InChI=1S/C19H21N5O2S/c1-12-5-6-15(26-2)16-17(12)27-19(23-16)24-9-3-4-13(11-24)22-18(25)14-10-20-7-8-21-14/h5-8,10,13H,3-4,9,11H2,1-2H3,(H,22,25). The number of hydrogen-bond acceptors (Lipinski definition) is 7. The van der Waals surface area contributed by atoms with Crippen LogP contribution in [-0.4, -0.2) is 47.1 Å². The Kier molecular flexibility index (Phi) is 4.89. The van der Waals surface area contributed by atoms with Crippen LogP contribution in [0.25, 0.3) is 10.2 Å². The van der Waals surface area contributed by atoms with Crippen LogP contribution in [0.4, 0.5) is 5.13 Å². The molecule has 1 saturated heterocycles. The lowest BCUT2D eigenvalue weighted by atomic mass is 10.1. The summed E-state index contributed by atoms with van der Waals surface area (Å²) in [5.74, 6) is 0.611. The van der Waals surface area contributed by atoms with E-state index in [0.717, 1.165) is 47.0 Å². The largest absolute Gasteiger partial charge is 0.494 e. The number of carbonyl (C=O) groups excluding carboxylic acids is 1. The summed E-state index contributed by atoms with van der Waals surface area (Å²) in [6.07, 6.45) is 6.51. The quantitative estimate of drug-likeness (QED) is 0.746. The van der Waals surface area contributed by atoms with Crippen LogP contribution >= 0.6 is 11.3 Å². The van der Waals surface area contributed by atoms with Crippen molar-refractivity contribution in [3.05, 3.63) is 42.0 Å². The number of amides is 1. The van der Waals surface area contributed by atoms with Gasteiger partial charge in [-0.15, -0.1) is 0 Å². The molecular formula is C19H21N5O2S. The summed E-state index contributed by atoms with van der Waals surface area (Å²) in [6, 6.07) is 4.08. The lowest BCUT2D eigenvalue weighted by Gasteiger charge is -2.32. The first-order valence-electron chi connectivity index (χ1n) is 8.91. The van der Waals surface area contributed by atoms with Crippen molar-refractivity contribution in [3.63, 3.8) is 0 Å². The topological polar surface area (TPSA) is 80.2 Å². The van der Waals surface area contributed by atoms with Crippen LogP contribution in [0.15, 0.2) is 30.7 Å². The number of anilines is 1. The third kappa shape index (κ3) is 3.57. The highest BCUT2D eigenvalue weighted by atomic mass is 32.1. The molecule has 140 valence electrons. The summed E-state index contributed by atoms with van der Waals surface area (Å²) >= 11 is 1.68. The minimum Gasteiger partial charge on any atom is -0.494 e. The van der Waals surface area contributed by atoms with Crippen molar-refractivity contribution in [1.29, 1.82) is 0 Å². The van der Waals surface area contributed by atoms with Crippen molar-refractivity contribution in [2.75, 3.05) is 25.1 Å². The van der Waals surface area contributed by atoms with E-state index in [4.69, 9.17) is 9.72 Å². The van der Waals surface area contributed by atoms with Crippen molar-refractivity contribution >= 4 is 32.6 Å². The lowest BCUT2D eigenvalue weighted by molar-refractivity contribution is 0.0927. The van der Waals surface area contributed by atoms with Crippen molar-refractivity contribution in [1.82, 2.24) is 20.3 Å². The van der Waals surface area contributed by atoms with Crippen LogP contribution in [-0.2, 0) is 0 Å². The molecule has 1 aromatic carbocycles. The van der Waals surface area contributed by atoms with Crippen molar-refractivity contribution in [3.8, 4) is 5.75 Å². The molecule has 0 bridgehead atoms. The van der Waals surface area contributed by atoms with Gasteiger partial charge in [-0.05, 0) is 31.4 Å². The average Bonchev–Trinajstić information content (AvgIpc) is 3.16. The van der Waals surface area contributed by atoms with E-state index in [1.807, 2.05) is 6.07 Å². The normalized spacial score (nSPS) is 17.1. The Labute approximate surface area is 161 Å². The molecule has 1 amide bonds. The molecular weight excluding hydrogens is 362 g/mol. The van der Waals surface area contributed by atoms with Crippen molar-refractivity contribution in [2.24, 2.45) is 0 Å². The monoisotopic (exact) mass is 383 g/mol. The molecule has 7 nitrogen and oxygen atoms in total. The van der Waals surface area contributed by atoms with Crippen LogP contribution in [0.2, 0.25) is 0 Å². The van der Waals surface area contributed by atoms with Crippen LogP contribution < -0.4 is 15.0 Å². The molecule has 4 rings (SSSR count). The zero-order valence-electron chi connectivity index (χ0n) is 15.3. The molecule has 3 heterocycles. The second-order valence-electron chi connectivity index (χ2n) is 6.61. The highest BCUT2D eigenvalue weighted by Crippen LogP contribution is 2.37. The first kappa shape index (κ1) is 17.7. The average molecular weight is 383 g/mol. The molecule has 1 unspecified atom stereocenters. The zero-order chi connectivity index (χ0) is 18.8. The summed E-state index contributed by atoms with van der Waals surface area (Å²) in [5, 5.41) is 4.04. The zero-order valence-corrected chi connectivity index (χ0v) is 16.1. The van der Waals surface area contributed by atoms with Crippen molar-refractivity contribution < 1.29 is 9.53 Å². The number of aryl methyl sites for hydroxylation is 1. The summed E-state index contributed by atoms with van der Waals surface area (Å²) < 4.78 is 6.61. The molecule has 3 aromatic rings. The fraction of sp³-hybridized carbons (Fsp3) is 0.368. The van der Waals surface area contributed by atoms with Gasteiger partial charge in [-0.25, -0.2) is 9.97 Å². The van der Waals surface area contributed by atoms with Crippen molar-refractivity contribution in [2.45, 2.75) is 25.8 Å². The predicted octanol–water partition coefficient (Wildman–Crippen LogP) is 2.80. The van der Waals surface area contributed by atoms with Gasteiger partial charge in [0.2, 0.25) is 0 Å². The van der Waals surface area contributed by atoms with Gasteiger partial charge in [0.15, 0.2) is 5.13 Å². The Bertz CT molecular complexity index is 959. The molecule has 0 aliphatic carbocycles. The molecule has 8 heteroatoms. The van der Waals surface area contributed by atoms with Crippen LogP contribution in [0.1, 0.15) is 28.9 Å². The second-order valence-corrected chi connectivity index (χ2v) is 7.59. The van der Waals surface area contributed by atoms with Gasteiger partial charge in [-0.3, -0.25) is 9.78 Å². The molecule has 0 spiro atoms. The van der Waals surface area contributed by atoms with Gasteiger partial charge in [0.25, 0.3) is 5.91 Å². The smallest absolute Gasteiger partial charge is 0.271 e. The predicted molar refractivity (Wildman–Crippen MR) is 106 cm³/mol. The fourth-order valence-electron chi connectivity index (χ4n) is 3.34. The number of piperidine rings is 1. The van der Waals surface area contributed by atoms with Crippen LogP contribution in [0, 0.1) is 6.92 Å². The SMILES string of the molecule is COc1ccc(C)c2sc(N3CCCC(NC(=O)c4cnccn4)C3)nc12. The third-order valence-corrected chi connectivity index (χ3v) is 5.99. The van der Waals surface area contributed by atoms with Gasteiger partial charge >= 0.3 is 0 Å². The van der Waals surface area contributed by atoms with Gasteiger partial charge in [0, 0.05) is 31.5 Å². The summed E-state index contributed by atoms with van der Waals surface area (Å²) in [6.45, 7) is 3.75. The van der Waals surface area contributed by atoms with E-state index in [9.17, 15) is 4.79 Å². The molecule has 2 aromatic heterocycles. The Morgan fingerprint density at radius 3 is 3.04 bits per heavy atom. The second kappa shape index (κ2) is 7.48. The maximum absolute atomic E-state index is 12.4. The fourth-order valence-corrected chi connectivity index (χ4v) is 4.43. The number of methoxy groups -OCH3 is 1. The number of hydrogen-bond donors (Lipinski definition) is 1. The summed E-state index contributed by atoms with van der Waals surface area (Å²) in [7, 11) is 1.67. The van der Waals surface area contributed by atoms with Gasteiger partial charge in [-0.2, -0.15) is 0 Å². The minimum absolute atomic E-state index is 0.0586. The Morgan fingerprint density at radius 2 is 2.26 bits per heavy atom. The maximum Gasteiger partial charge on any atom is 0.271 e. The number of ether oxygens (including phenoxy) is 1.